The highest BCUT2D eigenvalue weighted by Gasteiger charge is 2.09. The molecule has 0 fully saturated rings. The summed E-state index contributed by atoms with van der Waals surface area (Å²) in [6.45, 7) is 0. The number of nitrogens with zero attached hydrogens (tertiary/aromatic N) is 1. The van der Waals surface area contributed by atoms with E-state index in [0.29, 0.717) is 0 Å². The maximum absolute atomic E-state index is 11.3. The monoisotopic (exact) mass is 213 g/mol. The first kappa shape index (κ1) is 11.2. The van der Waals surface area contributed by atoms with Crippen molar-refractivity contribution in [1.82, 2.24) is 15.0 Å². The van der Waals surface area contributed by atoms with Crippen LogP contribution in [-0.2, 0) is 16.1 Å². The quantitative estimate of drug-likeness (QED) is 0.605. The molecule has 0 aliphatic carbocycles. The molecule has 7 heteroatoms. The Kier molecular flexibility index (Phi) is 3.40. The standard InChI is InChI=1S/C8H11N3O4/c1-11(15-2)7(13)4-5-3-6(12)10-8(14)9-5/h3H,4H2,1-2H3,(H2,9,10,12,14). The third kappa shape index (κ3) is 3.06. The van der Waals surface area contributed by atoms with Crippen molar-refractivity contribution >= 4 is 5.91 Å². The lowest BCUT2D eigenvalue weighted by molar-refractivity contribution is -0.167. The van der Waals surface area contributed by atoms with Crippen molar-refractivity contribution in [2.45, 2.75) is 6.42 Å². The van der Waals surface area contributed by atoms with Crippen LogP contribution in [0, 0.1) is 0 Å². The van der Waals surface area contributed by atoms with Gasteiger partial charge in [0.05, 0.1) is 13.5 Å². The number of aromatic nitrogens is 2. The van der Waals surface area contributed by atoms with E-state index in [1.165, 1.54) is 14.2 Å². The molecule has 0 aliphatic heterocycles. The average Bonchev–Trinajstić information content (AvgIpc) is 2.14. The van der Waals surface area contributed by atoms with Crippen LogP contribution < -0.4 is 11.2 Å². The van der Waals surface area contributed by atoms with Crippen LogP contribution in [0.3, 0.4) is 0 Å². The number of amides is 1. The number of nitrogens with one attached hydrogen (secondary N) is 2. The predicted octanol–water partition coefficient (Wildman–Crippen LogP) is -1.37. The lowest BCUT2D eigenvalue weighted by Gasteiger charge is -2.12. The van der Waals surface area contributed by atoms with Crippen LogP contribution in [0.4, 0.5) is 0 Å². The number of hydrogen-bond donors (Lipinski definition) is 2. The fraction of sp³-hybridized carbons (Fsp3) is 0.375. The Morgan fingerprint density at radius 3 is 2.67 bits per heavy atom. The lowest BCUT2D eigenvalue weighted by atomic mass is 10.3. The van der Waals surface area contributed by atoms with Crippen LogP contribution in [0.1, 0.15) is 5.69 Å². The largest absolute Gasteiger partial charge is 0.325 e. The summed E-state index contributed by atoms with van der Waals surface area (Å²) in [6, 6.07) is 1.16. The molecule has 1 rings (SSSR count). The molecule has 0 spiro atoms. The maximum atomic E-state index is 11.3. The summed E-state index contributed by atoms with van der Waals surface area (Å²) < 4.78 is 0. The van der Waals surface area contributed by atoms with Crippen molar-refractivity contribution in [3.05, 3.63) is 32.6 Å². The van der Waals surface area contributed by atoms with Crippen LogP contribution in [0.15, 0.2) is 15.7 Å². The topological polar surface area (TPSA) is 95.3 Å². The molecule has 82 valence electrons. The van der Waals surface area contributed by atoms with Gasteiger partial charge in [-0.05, 0) is 0 Å². The Morgan fingerprint density at radius 2 is 2.13 bits per heavy atom. The van der Waals surface area contributed by atoms with E-state index < -0.39 is 11.2 Å². The van der Waals surface area contributed by atoms with Crippen LogP contribution >= 0.6 is 0 Å². The minimum Gasteiger partial charge on any atom is -0.311 e. The minimum absolute atomic E-state index is 0.0938. The first-order chi connectivity index (χ1) is 7.02. The third-order valence-corrected chi connectivity index (χ3v) is 1.78. The van der Waals surface area contributed by atoms with Crippen molar-refractivity contribution in [2.24, 2.45) is 0 Å². The molecule has 1 heterocycles. The third-order valence-electron chi connectivity index (χ3n) is 1.78. The number of rotatable bonds is 3. The van der Waals surface area contributed by atoms with Gasteiger partial charge in [0.15, 0.2) is 0 Å². The van der Waals surface area contributed by atoms with E-state index in [-0.39, 0.29) is 18.0 Å². The SMILES string of the molecule is CON(C)C(=O)Cc1cc(=O)[nH]c(=O)[nH]1. The molecule has 2 N–H and O–H groups in total. The Morgan fingerprint density at radius 1 is 1.47 bits per heavy atom. The first-order valence-electron chi connectivity index (χ1n) is 4.16. The molecule has 0 radical (unpaired) electrons. The molecule has 0 aromatic carbocycles. The van der Waals surface area contributed by atoms with Gasteiger partial charge < -0.3 is 4.98 Å². The number of aromatic amines is 2. The van der Waals surface area contributed by atoms with Gasteiger partial charge in [-0.1, -0.05) is 0 Å². The summed E-state index contributed by atoms with van der Waals surface area (Å²) in [6.07, 6.45) is -0.0938. The number of hydroxylamine groups is 2. The molecular weight excluding hydrogens is 202 g/mol. The second-order valence-electron chi connectivity index (χ2n) is 2.86. The molecule has 0 saturated carbocycles. The molecule has 0 bridgehead atoms. The summed E-state index contributed by atoms with van der Waals surface area (Å²) >= 11 is 0. The normalized spacial score (nSPS) is 10.0. The van der Waals surface area contributed by atoms with Gasteiger partial charge in [0.2, 0.25) is 0 Å². The summed E-state index contributed by atoms with van der Waals surface area (Å²) in [5, 5.41) is 1.01. The fourth-order valence-corrected chi connectivity index (χ4v) is 0.991. The smallest absolute Gasteiger partial charge is 0.311 e. The van der Waals surface area contributed by atoms with E-state index in [1.54, 1.807) is 0 Å². The molecule has 7 nitrogen and oxygen atoms in total. The molecule has 15 heavy (non-hydrogen) atoms. The molecule has 0 unspecified atom stereocenters. The van der Waals surface area contributed by atoms with Crippen LogP contribution in [-0.4, -0.2) is 35.1 Å². The second kappa shape index (κ2) is 4.56. The van der Waals surface area contributed by atoms with E-state index in [2.05, 4.69) is 9.82 Å². The Balaban J connectivity index is 2.86. The van der Waals surface area contributed by atoms with Gasteiger partial charge in [-0.15, -0.1) is 0 Å². The minimum atomic E-state index is -0.634. The van der Waals surface area contributed by atoms with Crippen molar-refractivity contribution in [3.8, 4) is 0 Å². The fourth-order valence-electron chi connectivity index (χ4n) is 0.991. The summed E-state index contributed by atoms with van der Waals surface area (Å²) in [5.41, 5.74) is -0.926. The van der Waals surface area contributed by atoms with Gasteiger partial charge in [0.1, 0.15) is 0 Å². The highest BCUT2D eigenvalue weighted by Crippen LogP contribution is 1.93. The Bertz CT molecular complexity index is 433. The van der Waals surface area contributed by atoms with Gasteiger partial charge in [-0.2, -0.15) is 0 Å². The van der Waals surface area contributed by atoms with Crippen LogP contribution in [0.2, 0.25) is 0 Å². The zero-order chi connectivity index (χ0) is 11.4. The van der Waals surface area contributed by atoms with Crippen LogP contribution in [0.25, 0.3) is 0 Å². The molecule has 0 atom stereocenters. The molecular formula is C8H11N3O4. The lowest BCUT2D eigenvalue weighted by Crippen LogP contribution is -2.30. The van der Waals surface area contributed by atoms with Crippen molar-refractivity contribution < 1.29 is 9.63 Å². The van der Waals surface area contributed by atoms with Crippen molar-refractivity contribution in [2.75, 3.05) is 14.2 Å². The molecule has 1 aromatic rings. The number of H-pyrrole nitrogens is 2. The highest BCUT2D eigenvalue weighted by molar-refractivity contribution is 5.76. The van der Waals surface area contributed by atoms with Gasteiger partial charge in [0, 0.05) is 18.8 Å². The summed E-state index contributed by atoms with van der Waals surface area (Å²) in [7, 11) is 2.78. The zero-order valence-electron chi connectivity index (χ0n) is 8.36. The molecule has 0 saturated heterocycles. The van der Waals surface area contributed by atoms with Gasteiger partial charge in [0.25, 0.3) is 11.5 Å². The van der Waals surface area contributed by atoms with Crippen molar-refractivity contribution in [3.63, 3.8) is 0 Å². The zero-order valence-corrected chi connectivity index (χ0v) is 8.36. The van der Waals surface area contributed by atoms with Crippen LogP contribution in [0.5, 0.6) is 0 Å². The number of likely N-dealkylation sites (N-methyl/N-ethyl adjacent to an activating group) is 1. The molecule has 1 aromatic heterocycles. The number of hydrogen-bond acceptors (Lipinski definition) is 4. The summed E-state index contributed by atoms with van der Waals surface area (Å²) in [4.78, 5) is 42.1. The molecule has 0 aliphatic rings. The Hall–Kier alpha value is -1.89. The van der Waals surface area contributed by atoms with Gasteiger partial charge >= 0.3 is 5.69 Å². The average molecular weight is 213 g/mol. The van der Waals surface area contributed by atoms with E-state index >= 15 is 0 Å². The van der Waals surface area contributed by atoms with E-state index in [4.69, 9.17) is 0 Å². The highest BCUT2D eigenvalue weighted by atomic mass is 16.7. The summed E-state index contributed by atoms with van der Waals surface area (Å²) in [5.74, 6) is -0.362. The Labute approximate surface area is 84.6 Å². The van der Waals surface area contributed by atoms with E-state index in [1.807, 2.05) is 4.98 Å². The van der Waals surface area contributed by atoms with E-state index in [9.17, 15) is 14.4 Å². The molecule has 1 amide bonds. The number of carbonyl (C=O) groups excluding carboxylic acids is 1. The number of carbonyl (C=O) groups is 1. The van der Waals surface area contributed by atoms with Gasteiger partial charge in [-0.3, -0.25) is 19.4 Å². The predicted molar refractivity (Wildman–Crippen MR) is 51.2 cm³/mol. The van der Waals surface area contributed by atoms with E-state index in [0.717, 1.165) is 11.1 Å². The van der Waals surface area contributed by atoms with Crippen molar-refractivity contribution in [1.29, 1.82) is 0 Å². The van der Waals surface area contributed by atoms with Gasteiger partial charge in [-0.25, -0.2) is 9.86 Å². The maximum Gasteiger partial charge on any atom is 0.325 e. The first-order valence-corrected chi connectivity index (χ1v) is 4.16. The second-order valence-corrected chi connectivity index (χ2v) is 2.86.